The van der Waals surface area contributed by atoms with Gasteiger partial charge < -0.3 is 0 Å². The topological polar surface area (TPSA) is 59.1 Å². The highest BCUT2D eigenvalue weighted by atomic mass is 32.2. The van der Waals surface area contributed by atoms with Crippen molar-refractivity contribution >= 4 is 10.0 Å². The molecule has 1 fully saturated rings. The summed E-state index contributed by atoms with van der Waals surface area (Å²) in [6.07, 6.45) is -1.68. The standard InChI is InChI=1S/C15H13F3N2O2S/c16-15(17,18)14-8-3-11(9-19-14)10-1-6-13(7-2-10)23(21,22)20-12-4-5-12/h1-3,6-9,12,20H,4-5H2. The Labute approximate surface area is 131 Å². The Balaban J connectivity index is 1.82. The minimum Gasteiger partial charge on any atom is -0.251 e. The maximum Gasteiger partial charge on any atom is 0.433 e. The van der Waals surface area contributed by atoms with Gasteiger partial charge in [-0.1, -0.05) is 18.2 Å². The van der Waals surface area contributed by atoms with Crippen molar-refractivity contribution in [1.29, 1.82) is 0 Å². The van der Waals surface area contributed by atoms with Gasteiger partial charge in [0.25, 0.3) is 0 Å². The van der Waals surface area contributed by atoms with Gasteiger partial charge in [0.1, 0.15) is 5.69 Å². The van der Waals surface area contributed by atoms with E-state index in [1.54, 1.807) is 12.1 Å². The molecule has 1 N–H and O–H groups in total. The van der Waals surface area contributed by atoms with E-state index in [2.05, 4.69) is 9.71 Å². The van der Waals surface area contributed by atoms with E-state index >= 15 is 0 Å². The molecule has 1 aromatic heterocycles. The van der Waals surface area contributed by atoms with Crippen LogP contribution in [0.2, 0.25) is 0 Å². The van der Waals surface area contributed by atoms with Crippen LogP contribution in [-0.4, -0.2) is 19.4 Å². The van der Waals surface area contributed by atoms with Crippen LogP contribution in [0, 0.1) is 0 Å². The Morgan fingerprint density at radius 2 is 1.61 bits per heavy atom. The molecule has 0 saturated heterocycles. The molecule has 0 amide bonds. The molecular formula is C15H13F3N2O2S. The number of alkyl halides is 3. The number of nitrogens with one attached hydrogen (secondary N) is 1. The third-order valence-corrected chi connectivity index (χ3v) is 4.99. The first-order chi connectivity index (χ1) is 10.8. The van der Waals surface area contributed by atoms with Crippen LogP contribution < -0.4 is 4.72 Å². The number of halogens is 3. The number of sulfonamides is 1. The summed E-state index contributed by atoms with van der Waals surface area (Å²) in [6.45, 7) is 0. The van der Waals surface area contributed by atoms with Gasteiger partial charge in [0.15, 0.2) is 0 Å². The maximum absolute atomic E-state index is 12.5. The number of benzene rings is 1. The van der Waals surface area contributed by atoms with Crippen molar-refractivity contribution in [3.63, 3.8) is 0 Å². The van der Waals surface area contributed by atoms with Crippen molar-refractivity contribution in [3.05, 3.63) is 48.3 Å². The molecule has 3 rings (SSSR count). The molecule has 1 aliphatic carbocycles. The molecule has 1 aromatic carbocycles. The fourth-order valence-electron chi connectivity index (χ4n) is 2.05. The third-order valence-electron chi connectivity index (χ3n) is 3.45. The zero-order chi connectivity index (χ0) is 16.7. The summed E-state index contributed by atoms with van der Waals surface area (Å²) >= 11 is 0. The molecule has 2 aromatic rings. The van der Waals surface area contributed by atoms with Gasteiger partial charge in [0.2, 0.25) is 10.0 Å². The Morgan fingerprint density at radius 1 is 1.00 bits per heavy atom. The predicted molar refractivity (Wildman–Crippen MR) is 78.0 cm³/mol. The van der Waals surface area contributed by atoms with Crippen LogP contribution in [0.15, 0.2) is 47.5 Å². The van der Waals surface area contributed by atoms with Crippen LogP contribution in [0.5, 0.6) is 0 Å². The summed E-state index contributed by atoms with van der Waals surface area (Å²) in [6, 6.07) is 8.17. The van der Waals surface area contributed by atoms with E-state index < -0.39 is 21.9 Å². The lowest BCUT2D eigenvalue weighted by molar-refractivity contribution is -0.141. The molecule has 23 heavy (non-hydrogen) atoms. The fourth-order valence-corrected chi connectivity index (χ4v) is 3.35. The Morgan fingerprint density at radius 3 is 2.09 bits per heavy atom. The lowest BCUT2D eigenvalue weighted by Crippen LogP contribution is -2.25. The summed E-state index contributed by atoms with van der Waals surface area (Å²) in [7, 11) is -3.54. The number of aromatic nitrogens is 1. The highest BCUT2D eigenvalue weighted by Crippen LogP contribution is 2.29. The van der Waals surface area contributed by atoms with E-state index in [4.69, 9.17) is 0 Å². The van der Waals surface area contributed by atoms with E-state index in [0.717, 1.165) is 25.1 Å². The zero-order valence-electron chi connectivity index (χ0n) is 11.8. The van der Waals surface area contributed by atoms with Gasteiger partial charge in [-0.25, -0.2) is 13.1 Å². The van der Waals surface area contributed by atoms with Crippen LogP contribution in [-0.2, 0) is 16.2 Å². The van der Waals surface area contributed by atoms with Crippen molar-refractivity contribution in [2.75, 3.05) is 0 Å². The van der Waals surface area contributed by atoms with E-state index in [9.17, 15) is 21.6 Å². The molecular weight excluding hydrogens is 329 g/mol. The van der Waals surface area contributed by atoms with Gasteiger partial charge in [0.05, 0.1) is 4.90 Å². The van der Waals surface area contributed by atoms with Crippen LogP contribution >= 0.6 is 0 Å². The lowest BCUT2D eigenvalue weighted by atomic mass is 10.1. The van der Waals surface area contributed by atoms with Crippen molar-refractivity contribution in [1.82, 2.24) is 9.71 Å². The van der Waals surface area contributed by atoms with Crippen molar-refractivity contribution in [2.45, 2.75) is 30.0 Å². The van der Waals surface area contributed by atoms with Crippen LogP contribution in [0.4, 0.5) is 13.2 Å². The fraction of sp³-hybridized carbons (Fsp3) is 0.267. The molecule has 0 unspecified atom stereocenters. The lowest BCUT2D eigenvalue weighted by Gasteiger charge is -2.08. The van der Waals surface area contributed by atoms with E-state index in [-0.39, 0.29) is 10.9 Å². The second-order valence-corrected chi connectivity index (χ2v) is 7.06. The number of nitrogens with zero attached hydrogens (tertiary/aromatic N) is 1. The average Bonchev–Trinajstić information content (AvgIpc) is 3.30. The summed E-state index contributed by atoms with van der Waals surface area (Å²) in [5.74, 6) is 0. The summed E-state index contributed by atoms with van der Waals surface area (Å²) in [5.41, 5.74) is 0.114. The number of hydrogen-bond acceptors (Lipinski definition) is 3. The summed E-state index contributed by atoms with van der Waals surface area (Å²) in [5, 5.41) is 0. The SMILES string of the molecule is O=S(=O)(NC1CC1)c1ccc(-c2ccc(C(F)(F)F)nc2)cc1. The van der Waals surface area contributed by atoms with Gasteiger partial charge in [-0.05, 0) is 36.6 Å². The highest BCUT2D eigenvalue weighted by molar-refractivity contribution is 7.89. The number of pyridine rings is 1. The third kappa shape index (κ3) is 3.70. The minimum absolute atomic E-state index is 0.0128. The van der Waals surface area contributed by atoms with Gasteiger partial charge in [0, 0.05) is 17.8 Å². The zero-order valence-corrected chi connectivity index (χ0v) is 12.7. The van der Waals surface area contributed by atoms with E-state index in [0.29, 0.717) is 11.1 Å². The van der Waals surface area contributed by atoms with Gasteiger partial charge >= 0.3 is 6.18 Å². The van der Waals surface area contributed by atoms with Crippen LogP contribution in [0.25, 0.3) is 11.1 Å². The van der Waals surface area contributed by atoms with E-state index in [1.807, 2.05) is 0 Å². The Bertz CT molecular complexity index is 796. The normalized spacial score (nSPS) is 15.6. The predicted octanol–water partition coefficient (Wildman–Crippen LogP) is 3.21. The van der Waals surface area contributed by atoms with Gasteiger partial charge in [-0.15, -0.1) is 0 Å². The van der Waals surface area contributed by atoms with Crippen LogP contribution in [0.1, 0.15) is 18.5 Å². The highest BCUT2D eigenvalue weighted by Gasteiger charge is 2.32. The first kappa shape index (κ1) is 15.9. The second kappa shape index (κ2) is 5.61. The van der Waals surface area contributed by atoms with Crippen LogP contribution in [0.3, 0.4) is 0 Å². The second-order valence-electron chi connectivity index (χ2n) is 5.35. The quantitative estimate of drug-likeness (QED) is 0.928. The maximum atomic E-state index is 12.5. The number of rotatable bonds is 4. The number of hydrogen-bond donors (Lipinski definition) is 1. The average molecular weight is 342 g/mol. The smallest absolute Gasteiger partial charge is 0.251 e. The molecule has 1 saturated carbocycles. The molecule has 0 bridgehead atoms. The van der Waals surface area contributed by atoms with Gasteiger partial charge in [-0.2, -0.15) is 13.2 Å². The molecule has 0 atom stereocenters. The van der Waals surface area contributed by atoms with Crippen molar-refractivity contribution in [2.24, 2.45) is 0 Å². The summed E-state index contributed by atoms with van der Waals surface area (Å²) < 4.78 is 64.1. The largest absolute Gasteiger partial charge is 0.433 e. The molecule has 0 spiro atoms. The first-order valence-electron chi connectivity index (χ1n) is 6.92. The molecule has 4 nitrogen and oxygen atoms in total. The first-order valence-corrected chi connectivity index (χ1v) is 8.40. The van der Waals surface area contributed by atoms with Crippen molar-refractivity contribution < 1.29 is 21.6 Å². The van der Waals surface area contributed by atoms with Crippen molar-refractivity contribution in [3.8, 4) is 11.1 Å². The molecule has 1 aliphatic rings. The molecule has 1 heterocycles. The van der Waals surface area contributed by atoms with E-state index in [1.165, 1.54) is 18.2 Å². The Kier molecular flexibility index (Phi) is 3.89. The molecule has 122 valence electrons. The Hall–Kier alpha value is -1.93. The molecule has 8 heteroatoms. The molecule has 0 aliphatic heterocycles. The summed E-state index contributed by atoms with van der Waals surface area (Å²) in [4.78, 5) is 3.52. The minimum atomic E-state index is -4.48. The van der Waals surface area contributed by atoms with Gasteiger partial charge in [-0.3, -0.25) is 4.98 Å². The molecule has 0 radical (unpaired) electrons. The monoisotopic (exact) mass is 342 g/mol.